The number of hydrogen-bond donors (Lipinski definition) is 1. The Morgan fingerprint density at radius 3 is 2.81 bits per heavy atom. The van der Waals surface area contributed by atoms with E-state index in [-0.39, 0.29) is 0 Å². The predicted molar refractivity (Wildman–Crippen MR) is 83.7 cm³/mol. The van der Waals surface area contributed by atoms with E-state index in [1.807, 2.05) is 50.5 Å². The molecule has 106 valence electrons. The van der Waals surface area contributed by atoms with Gasteiger partial charge in [0.05, 0.1) is 11.4 Å². The van der Waals surface area contributed by atoms with Crippen LogP contribution in [0.15, 0.2) is 42.7 Å². The second-order valence-corrected chi connectivity index (χ2v) is 5.14. The average Bonchev–Trinajstić information content (AvgIpc) is 2.78. The summed E-state index contributed by atoms with van der Waals surface area (Å²) in [4.78, 5) is 8.76. The quantitative estimate of drug-likeness (QED) is 0.803. The molecule has 3 aromatic rings. The number of halogens is 1. The molecule has 5 nitrogen and oxygen atoms in total. The Labute approximate surface area is 127 Å². The van der Waals surface area contributed by atoms with Crippen molar-refractivity contribution in [2.24, 2.45) is 7.05 Å². The molecule has 0 aliphatic rings. The smallest absolute Gasteiger partial charge is 0.227 e. The molecule has 0 fully saturated rings. The van der Waals surface area contributed by atoms with Crippen LogP contribution in [-0.2, 0) is 7.05 Å². The van der Waals surface area contributed by atoms with E-state index in [2.05, 4.69) is 20.4 Å². The summed E-state index contributed by atoms with van der Waals surface area (Å²) in [6.45, 7) is 1.96. The van der Waals surface area contributed by atoms with Gasteiger partial charge in [-0.15, -0.1) is 0 Å². The van der Waals surface area contributed by atoms with Crippen molar-refractivity contribution in [3.8, 4) is 11.3 Å². The van der Waals surface area contributed by atoms with Gasteiger partial charge in [0.15, 0.2) is 0 Å². The van der Waals surface area contributed by atoms with E-state index in [1.54, 1.807) is 10.9 Å². The Morgan fingerprint density at radius 2 is 2.10 bits per heavy atom. The summed E-state index contributed by atoms with van der Waals surface area (Å²) in [6.07, 6.45) is 3.67. The lowest BCUT2D eigenvalue weighted by Crippen LogP contribution is -1.97. The van der Waals surface area contributed by atoms with Crippen molar-refractivity contribution in [3.63, 3.8) is 0 Å². The number of nitrogens with zero attached hydrogens (tertiary/aromatic N) is 4. The van der Waals surface area contributed by atoms with Crippen LogP contribution in [0.1, 0.15) is 5.69 Å². The van der Waals surface area contributed by atoms with Crippen LogP contribution in [0.2, 0.25) is 5.02 Å². The van der Waals surface area contributed by atoms with Gasteiger partial charge in [-0.1, -0.05) is 17.7 Å². The van der Waals surface area contributed by atoms with Crippen LogP contribution in [0, 0.1) is 6.92 Å². The molecule has 2 aromatic heterocycles. The first-order valence-electron chi connectivity index (χ1n) is 6.48. The molecule has 0 aliphatic heterocycles. The highest BCUT2D eigenvalue weighted by molar-refractivity contribution is 6.30. The van der Waals surface area contributed by atoms with Crippen LogP contribution in [-0.4, -0.2) is 19.7 Å². The van der Waals surface area contributed by atoms with E-state index >= 15 is 0 Å². The molecule has 0 aliphatic carbocycles. The summed E-state index contributed by atoms with van der Waals surface area (Å²) in [5.74, 6) is 0.526. The average molecular weight is 300 g/mol. The molecule has 0 radical (unpaired) electrons. The van der Waals surface area contributed by atoms with E-state index in [0.29, 0.717) is 11.0 Å². The SMILES string of the molecule is Cc1nn(C)cc1-c1ccnc(Nc2cccc(Cl)c2)n1. The molecule has 0 atom stereocenters. The molecule has 0 amide bonds. The van der Waals surface area contributed by atoms with Crippen molar-refractivity contribution in [1.82, 2.24) is 19.7 Å². The summed E-state index contributed by atoms with van der Waals surface area (Å²) in [7, 11) is 1.89. The van der Waals surface area contributed by atoms with Gasteiger partial charge in [-0.2, -0.15) is 5.10 Å². The number of hydrogen-bond acceptors (Lipinski definition) is 4. The highest BCUT2D eigenvalue weighted by atomic mass is 35.5. The van der Waals surface area contributed by atoms with E-state index in [9.17, 15) is 0 Å². The topological polar surface area (TPSA) is 55.6 Å². The largest absolute Gasteiger partial charge is 0.324 e. The molecule has 1 N–H and O–H groups in total. The second-order valence-electron chi connectivity index (χ2n) is 4.70. The molecule has 1 aromatic carbocycles. The van der Waals surface area contributed by atoms with Gasteiger partial charge in [0.2, 0.25) is 5.95 Å². The predicted octanol–water partition coefficient (Wildman–Crippen LogP) is 3.58. The lowest BCUT2D eigenvalue weighted by atomic mass is 10.2. The maximum atomic E-state index is 5.97. The third-order valence-corrected chi connectivity index (χ3v) is 3.26. The number of anilines is 2. The molecule has 6 heteroatoms. The molecule has 0 bridgehead atoms. The van der Waals surface area contributed by atoms with E-state index in [4.69, 9.17) is 11.6 Å². The molecule has 0 unspecified atom stereocenters. The van der Waals surface area contributed by atoms with Crippen molar-refractivity contribution in [1.29, 1.82) is 0 Å². The Morgan fingerprint density at radius 1 is 1.24 bits per heavy atom. The number of rotatable bonds is 3. The van der Waals surface area contributed by atoms with Gasteiger partial charge in [0, 0.05) is 35.7 Å². The standard InChI is InChI=1S/C15H14ClN5/c1-10-13(9-21(2)20-10)14-6-7-17-15(19-14)18-12-5-3-4-11(16)8-12/h3-9H,1-2H3,(H,17,18,19). The number of nitrogens with one attached hydrogen (secondary N) is 1. The summed E-state index contributed by atoms with van der Waals surface area (Å²) in [5.41, 5.74) is 3.61. The Hall–Kier alpha value is -2.40. The molecular weight excluding hydrogens is 286 g/mol. The third kappa shape index (κ3) is 3.03. The molecule has 21 heavy (non-hydrogen) atoms. The van der Waals surface area contributed by atoms with Gasteiger partial charge < -0.3 is 5.32 Å². The zero-order valence-electron chi connectivity index (χ0n) is 11.7. The molecule has 2 heterocycles. The van der Waals surface area contributed by atoms with Gasteiger partial charge in [-0.25, -0.2) is 9.97 Å². The maximum Gasteiger partial charge on any atom is 0.227 e. The van der Waals surface area contributed by atoms with Crippen LogP contribution in [0.3, 0.4) is 0 Å². The number of aryl methyl sites for hydroxylation is 2. The van der Waals surface area contributed by atoms with Gasteiger partial charge in [-0.05, 0) is 31.2 Å². The fraction of sp³-hybridized carbons (Fsp3) is 0.133. The Kier molecular flexibility index (Phi) is 3.58. The number of aromatic nitrogens is 4. The Bertz CT molecular complexity index is 781. The van der Waals surface area contributed by atoms with Crippen LogP contribution >= 0.6 is 11.6 Å². The van der Waals surface area contributed by atoms with Crippen molar-refractivity contribution in [3.05, 3.63) is 53.4 Å². The minimum atomic E-state index is 0.526. The fourth-order valence-corrected chi connectivity index (χ4v) is 2.31. The lowest BCUT2D eigenvalue weighted by Gasteiger charge is -2.06. The summed E-state index contributed by atoms with van der Waals surface area (Å²) < 4.78 is 1.77. The van der Waals surface area contributed by atoms with Crippen LogP contribution < -0.4 is 5.32 Å². The summed E-state index contributed by atoms with van der Waals surface area (Å²) in [5, 5.41) is 8.14. The van der Waals surface area contributed by atoms with Gasteiger partial charge >= 0.3 is 0 Å². The zero-order chi connectivity index (χ0) is 14.8. The van der Waals surface area contributed by atoms with Crippen molar-refractivity contribution < 1.29 is 0 Å². The highest BCUT2D eigenvalue weighted by Gasteiger charge is 2.08. The molecule has 0 saturated heterocycles. The van der Waals surface area contributed by atoms with Gasteiger partial charge in [-0.3, -0.25) is 4.68 Å². The van der Waals surface area contributed by atoms with E-state index < -0.39 is 0 Å². The maximum absolute atomic E-state index is 5.97. The molecule has 0 spiro atoms. The van der Waals surface area contributed by atoms with Gasteiger partial charge in [0.25, 0.3) is 0 Å². The third-order valence-electron chi connectivity index (χ3n) is 3.03. The van der Waals surface area contributed by atoms with E-state index in [0.717, 1.165) is 22.6 Å². The van der Waals surface area contributed by atoms with Crippen LogP contribution in [0.4, 0.5) is 11.6 Å². The van der Waals surface area contributed by atoms with E-state index in [1.165, 1.54) is 0 Å². The molecule has 3 rings (SSSR count). The monoisotopic (exact) mass is 299 g/mol. The fourth-order valence-electron chi connectivity index (χ4n) is 2.12. The first-order valence-corrected chi connectivity index (χ1v) is 6.86. The first kappa shape index (κ1) is 13.6. The Balaban J connectivity index is 1.92. The summed E-state index contributed by atoms with van der Waals surface area (Å²) in [6, 6.07) is 9.31. The van der Waals surface area contributed by atoms with Crippen molar-refractivity contribution >= 4 is 23.2 Å². The first-order chi connectivity index (χ1) is 10.1. The lowest BCUT2D eigenvalue weighted by molar-refractivity contribution is 0.756. The highest BCUT2D eigenvalue weighted by Crippen LogP contribution is 2.22. The minimum absolute atomic E-state index is 0.526. The second kappa shape index (κ2) is 5.54. The normalized spacial score (nSPS) is 10.6. The minimum Gasteiger partial charge on any atom is -0.324 e. The molecule has 0 saturated carbocycles. The van der Waals surface area contributed by atoms with Gasteiger partial charge in [0.1, 0.15) is 0 Å². The zero-order valence-corrected chi connectivity index (χ0v) is 12.5. The van der Waals surface area contributed by atoms with Crippen molar-refractivity contribution in [2.75, 3.05) is 5.32 Å². The molecular formula is C15H14ClN5. The van der Waals surface area contributed by atoms with Crippen LogP contribution in [0.5, 0.6) is 0 Å². The van der Waals surface area contributed by atoms with Crippen LogP contribution in [0.25, 0.3) is 11.3 Å². The number of benzene rings is 1. The van der Waals surface area contributed by atoms with Crippen molar-refractivity contribution in [2.45, 2.75) is 6.92 Å². The summed E-state index contributed by atoms with van der Waals surface area (Å²) >= 11 is 5.97.